The van der Waals surface area contributed by atoms with Crippen LogP contribution in [0.1, 0.15) is 26.5 Å². The monoisotopic (exact) mass is 372 g/mol. The molecule has 0 aliphatic heterocycles. The van der Waals surface area contributed by atoms with Crippen LogP contribution >= 0.6 is 0 Å². The molecule has 0 unspecified atom stereocenters. The van der Waals surface area contributed by atoms with Crippen molar-refractivity contribution in [3.05, 3.63) is 65.4 Å². The van der Waals surface area contributed by atoms with E-state index in [0.29, 0.717) is 11.1 Å². The van der Waals surface area contributed by atoms with Gasteiger partial charge >= 0.3 is 5.97 Å². The van der Waals surface area contributed by atoms with Gasteiger partial charge in [-0.25, -0.2) is 13.2 Å². The van der Waals surface area contributed by atoms with Gasteiger partial charge in [0.1, 0.15) is 5.58 Å². The van der Waals surface area contributed by atoms with Crippen molar-refractivity contribution in [1.82, 2.24) is 0 Å². The minimum absolute atomic E-state index is 0.107. The van der Waals surface area contributed by atoms with Gasteiger partial charge in [-0.05, 0) is 25.1 Å². The summed E-state index contributed by atoms with van der Waals surface area (Å²) in [7, 11) is -3.60. The number of aryl methyl sites for hydroxylation is 1. The molecular weight excluding hydrogens is 356 g/mol. The van der Waals surface area contributed by atoms with E-state index in [1.165, 1.54) is 24.3 Å². The third kappa shape index (κ3) is 3.39. The molecule has 0 N–H and O–H groups in total. The maximum absolute atomic E-state index is 12.4. The zero-order chi connectivity index (χ0) is 18.9. The van der Waals surface area contributed by atoms with E-state index in [9.17, 15) is 18.0 Å². The third-order valence-corrected chi connectivity index (χ3v) is 5.09. The molecule has 7 heteroatoms. The van der Waals surface area contributed by atoms with Gasteiger partial charge in [0.15, 0.2) is 22.2 Å². The smallest absolute Gasteiger partial charge is 0.339 e. The molecule has 0 aliphatic carbocycles. The fourth-order valence-corrected chi connectivity index (χ4v) is 3.55. The Labute approximate surface area is 150 Å². The maximum atomic E-state index is 12.4. The van der Waals surface area contributed by atoms with E-state index in [0.717, 1.165) is 11.6 Å². The Morgan fingerprint density at radius 3 is 2.38 bits per heavy atom. The molecule has 0 spiro atoms. The van der Waals surface area contributed by atoms with Crippen LogP contribution in [0.5, 0.6) is 0 Å². The summed E-state index contributed by atoms with van der Waals surface area (Å²) in [6.07, 6.45) is 1.00. The number of benzene rings is 2. The molecule has 0 saturated carbocycles. The highest BCUT2D eigenvalue weighted by Gasteiger charge is 2.22. The highest BCUT2D eigenvalue weighted by Crippen LogP contribution is 2.25. The number of fused-ring (bicyclic) bond motifs is 1. The average molecular weight is 372 g/mol. The lowest BCUT2D eigenvalue weighted by molar-refractivity contribution is 0.0464. The van der Waals surface area contributed by atoms with Crippen molar-refractivity contribution < 1.29 is 27.2 Å². The number of ether oxygens (including phenoxy) is 1. The minimum Gasteiger partial charge on any atom is -0.454 e. The Morgan fingerprint density at radius 1 is 1.04 bits per heavy atom. The van der Waals surface area contributed by atoms with Crippen molar-refractivity contribution in [3.63, 3.8) is 0 Å². The van der Waals surface area contributed by atoms with Crippen LogP contribution in [0.3, 0.4) is 0 Å². The van der Waals surface area contributed by atoms with E-state index in [1.807, 2.05) is 12.1 Å². The van der Waals surface area contributed by atoms with E-state index in [4.69, 9.17) is 9.15 Å². The molecule has 0 aliphatic rings. The maximum Gasteiger partial charge on any atom is 0.339 e. The number of ketones is 1. The molecule has 134 valence electrons. The molecule has 0 atom stereocenters. The Bertz CT molecular complexity index is 1110. The van der Waals surface area contributed by atoms with Crippen molar-refractivity contribution in [2.45, 2.75) is 11.8 Å². The van der Waals surface area contributed by atoms with Gasteiger partial charge in [-0.1, -0.05) is 30.3 Å². The van der Waals surface area contributed by atoms with Crippen LogP contribution in [0.2, 0.25) is 0 Å². The number of esters is 1. The lowest BCUT2D eigenvalue weighted by atomic mass is 10.1. The predicted octanol–water partition coefficient (Wildman–Crippen LogP) is 3.18. The van der Waals surface area contributed by atoms with Crippen LogP contribution < -0.4 is 0 Å². The van der Waals surface area contributed by atoms with Crippen LogP contribution in [0, 0.1) is 6.92 Å². The number of Topliss-reactive ketones (excluding diaryl/α,β-unsaturated/α-hetero) is 1. The van der Waals surface area contributed by atoms with Crippen molar-refractivity contribution in [1.29, 1.82) is 0 Å². The second kappa shape index (κ2) is 6.76. The first-order valence-corrected chi connectivity index (χ1v) is 9.65. The summed E-state index contributed by atoms with van der Waals surface area (Å²) in [4.78, 5) is 24.5. The summed E-state index contributed by atoms with van der Waals surface area (Å²) in [5.74, 6) is -1.26. The summed E-state index contributed by atoms with van der Waals surface area (Å²) in [6, 6.07) is 12.9. The molecule has 6 nitrogen and oxygen atoms in total. The fraction of sp³-hybridized carbons (Fsp3) is 0.158. The molecule has 0 bridgehead atoms. The molecule has 0 radical (unpaired) electrons. The third-order valence-electron chi connectivity index (χ3n) is 3.94. The highest BCUT2D eigenvalue weighted by molar-refractivity contribution is 7.90. The lowest BCUT2D eigenvalue weighted by Crippen LogP contribution is -2.16. The van der Waals surface area contributed by atoms with Gasteiger partial charge < -0.3 is 9.15 Å². The fourth-order valence-electron chi connectivity index (χ4n) is 2.67. The molecule has 1 aromatic heterocycles. The molecule has 3 rings (SSSR count). The molecule has 1 heterocycles. The molecule has 0 fully saturated rings. The van der Waals surface area contributed by atoms with Gasteiger partial charge in [-0.2, -0.15) is 0 Å². The largest absolute Gasteiger partial charge is 0.454 e. The SMILES string of the molecule is Cc1c(C(=O)COC(=O)c2ccccc2S(C)(=O)=O)oc2ccccc12. The van der Waals surface area contributed by atoms with Crippen LogP contribution in [0.15, 0.2) is 57.8 Å². The summed E-state index contributed by atoms with van der Waals surface area (Å²) < 4.78 is 34.1. The van der Waals surface area contributed by atoms with E-state index < -0.39 is 28.2 Å². The van der Waals surface area contributed by atoms with Crippen molar-refractivity contribution in [3.8, 4) is 0 Å². The summed E-state index contributed by atoms with van der Waals surface area (Å²) in [5, 5.41) is 0.810. The van der Waals surface area contributed by atoms with Crippen molar-refractivity contribution >= 4 is 32.6 Å². The van der Waals surface area contributed by atoms with Crippen molar-refractivity contribution in [2.75, 3.05) is 12.9 Å². The van der Waals surface area contributed by atoms with Gasteiger partial charge in [-0.15, -0.1) is 0 Å². The van der Waals surface area contributed by atoms with E-state index in [2.05, 4.69) is 0 Å². The zero-order valence-electron chi connectivity index (χ0n) is 14.2. The Morgan fingerprint density at radius 2 is 1.69 bits per heavy atom. The van der Waals surface area contributed by atoms with Gasteiger partial charge in [0.25, 0.3) is 0 Å². The second-order valence-electron chi connectivity index (χ2n) is 5.82. The second-order valence-corrected chi connectivity index (χ2v) is 7.80. The average Bonchev–Trinajstić information content (AvgIpc) is 2.96. The predicted molar refractivity (Wildman–Crippen MR) is 95.1 cm³/mol. The van der Waals surface area contributed by atoms with Crippen LogP contribution in [0.25, 0.3) is 11.0 Å². The molecule has 2 aromatic carbocycles. The van der Waals surface area contributed by atoms with Gasteiger partial charge in [0.05, 0.1) is 10.5 Å². The summed E-state index contributed by atoms with van der Waals surface area (Å²) in [6.45, 7) is 1.21. The normalized spacial score (nSPS) is 11.5. The molecule has 0 saturated heterocycles. The number of sulfone groups is 1. The zero-order valence-corrected chi connectivity index (χ0v) is 15.0. The van der Waals surface area contributed by atoms with Crippen LogP contribution in [-0.2, 0) is 14.6 Å². The van der Waals surface area contributed by atoms with Crippen LogP contribution in [0.4, 0.5) is 0 Å². The number of furan rings is 1. The van der Waals surface area contributed by atoms with E-state index in [1.54, 1.807) is 19.1 Å². The summed E-state index contributed by atoms with van der Waals surface area (Å²) >= 11 is 0. The highest BCUT2D eigenvalue weighted by atomic mass is 32.2. The standard InChI is InChI=1S/C19H16O6S/c1-12-13-7-3-5-9-16(13)25-18(12)15(20)11-24-19(21)14-8-4-6-10-17(14)26(2,22)23/h3-10H,11H2,1-2H3. The molecule has 26 heavy (non-hydrogen) atoms. The Balaban J connectivity index is 1.80. The van der Waals surface area contributed by atoms with E-state index >= 15 is 0 Å². The van der Waals surface area contributed by atoms with Crippen LogP contribution in [-0.4, -0.2) is 33.0 Å². The number of carbonyl (C=O) groups excluding carboxylic acids is 2. The topological polar surface area (TPSA) is 90.7 Å². The van der Waals surface area contributed by atoms with Crippen molar-refractivity contribution in [2.24, 2.45) is 0 Å². The number of para-hydroxylation sites is 1. The number of carbonyl (C=O) groups is 2. The number of hydrogen-bond donors (Lipinski definition) is 0. The number of rotatable bonds is 5. The molecular formula is C19H16O6S. The Hall–Kier alpha value is -2.93. The first-order chi connectivity index (χ1) is 12.3. The lowest BCUT2D eigenvalue weighted by Gasteiger charge is -2.07. The molecule has 0 amide bonds. The first kappa shape index (κ1) is 17.9. The summed E-state index contributed by atoms with van der Waals surface area (Å²) in [5.41, 5.74) is 1.13. The van der Waals surface area contributed by atoms with Gasteiger partial charge in [-0.3, -0.25) is 4.79 Å². The first-order valence-electron chi connectivity index (χ1n) is 7.76. The van der Waals surface area contributed by atoms with Gasteiger partial charge in [0.2, 0.25) is 5.78 Å². The number of hydrogen-bond acceptors (Lipinski definition) is 6. The van der Waals surface area contributed by atoms with Gasteiger partial charge in [0, 0.05) is 17.2 Å². The Kier molecular flexibility index (Phi) is 4.65. The minimum atomic E-state index is -3.60. The quantitative estimate of drug-likeness (QED) is 0.505. The molecule has 3 aromatic rings. The van der Waals surface area contributed by atoms with E-state index in [-0.39, 0.29) is 16.2 Å².